The molecule has 0 heterocycles. The molecule has 0 aromatic heterocycles. The van der Waals surface area contributed by atoms with E-state index >= 15 is 0 Å². The molecule has 0 spiro atoms. The highest BCUT2D eigenvalue weighted by Crippen LogP contribution is 2.18. The summed E-state index contributed by atoms with van der Waals surface area (Å²) in [6.07, 6.45) is 1.33. The predicted molar refractivity (Wildman–Crippen MR) is 57.7 cm³/mol. The normalized spacial score (nSPS) is 11.2. The van der Waals surface area contributed by atoms with Gasteiger partial charge in [0.25, 0.3) is 0 Å². The number of aldehydes is 1. The standard InChI is InChI=1S/C12H13NO/c1-2-3-10(8-9-14)11-4-6-12(13)7-5-11/h4-7,9-10H,8,13H2,1H3. The molecule has 1 unspecified atom stereocenters. The lowest BCUT2D eigenvalue weighted by atomic mass is 9.97. The van der Waals surface area contributed by atoms with Crippen LogP contribution in [0, 0.1) is 11.8 Å². The molecule has 14 heavy (non-hydrogen) atoms. The Morgan fingerprint density at radius 2 is 2.07 bits per heavy atom. The summed E-state index contributed by atoms with van der Waals surface area (Å²) in [4.78, 5) is 10.4. The van der Waals surface area contributed by atoms with Crippen LogP contribution < -0.4 is 5.73 Å². The molecule has 2 nitrogen and oxygen atoms in total. The Hall–Kier alpha value is -1.75. The minimum atomic E-state index is -0.00176. The van der Waals surface area contributed by atoms with Crippen LogP contribution in [-0.2, 0) is 4.79 Å². The maximum Gasteiger partial charge on any atom is 0.121 e. The van der Waals surface area contributed by atoms with Crippen molar-refractivity contribution in [1.82, 2.24) is 0 Å². The van der Waals surface area contributed by atoms with E-state index in [-0.39, 0.29) is 5.92 Å². The Morgan fingerprint density at radius 1 is 1.43 bits per heavy atom. The second-order valence-electron chi connectivity index (χ2n) is 3.02. The average Bonchev–Trinajstić information content (AvgIpc) is 2.19. The molecule has 0 aliphatic carbocycles. The molecular weight excluding hydrogens is 174 g/mol. The summed E-state index contributed by atoms with van der Waals surface area (Å²) in [7, 11) is 0. The number of carbonyl (C=O) groups excluding carboxylic acids is 1. The van der Waals surface area contributed by atoms with Crippen LogP contribution in [0.3, 0.4) is 0 Å². The van der Waals surface area contributed by atoms with E-state index in [9.17, 15) is 4.79 Å². The summed E-state index contributed by atoms with van der Waals surface area (Å²) in [5.41, 5.74) is 7.34. The number of rotatable bonds is 3. The lowest BCUT2D eigenvalue weighted by Gasteiger charge is -2.07. The first-order chi connectivity index (χ1) is 6.77. The summed E-state index contributed by atoms with van der Waals surface area (Å²) >= 11 is 0. The number of hydrogen-bond acceptors (Lipinski definition) is 2. The SMILES string of the molecule is CC#CC(CC=O)c1ccc(N)cc1. The van der Waals surface area contributed by atoms with E-state index in [1.807, 2.05) is 24.3 Å². The minimum absolute atomic E-state index is 0.00176. The summed E-state index contributed by atoms with van der Waals surface area (Å²) < 4.78 is 0. The van der Waals surface area contributed by atoms with Crippen molar-refractivity contribution < 1.29 is 4.79 Å². The number of anilines is 1. The summed E-state index contributed by atoms with van der Waals surface area (Å²) in [5.74, 6) is 5.82. The maximum atomic E-state index is 10.4. The Bertz CT molecular complexity index is 356. The van der Waals surface area contributed by atoms with Gasteiger partial charge < -0.3 is 10.5 Å². The molecule has 1 rings (SSSR count). The van der Waals surface area contributed by atoms with Gasteiger partial charge in [-0.25, -0.2) is 0 Å². The van der Waals surface area contributed by atoms with Crippen LogP contribution in [0.25, 0.3) is 0 Å². The van der Waals surface area contributed by atoms with Crippen molar-refractivity contribution >= 4 is 12.0 Å². The zero-order valence-corrected chi connectivity index (χ0v) is 8.16. The molecule has 1 atom stereocenters. The van der Waals surface area contributed by atoms with Gasteiger partial charge in [0.15, 0.2) is 0 Å². The van der Waals surface area contributed by atoms with Gasteiger partial charge in [0.2, 0.25) is 0 Å². The molecule has 0 aliphatic heterocycles. The quantitative estimate of drug-likeness (QED) is 0.446. The third-order valence-electron chi connectivity index (χ3n) is 1.99. The lowest BCUT2D eigenvalue weighted by Crippen LogP contribution is -1.97. The van der Waals surface area contributed by atoms with Crippen molar-refractivity contribution in [2.24, 2.45) is 0 Å². The fourth-order valence-electron chi connectivity index (χ4n) is 1.28. The van der Waals surface area contributed by atoms with Gasteiger partial charge in [-0.2, -0.15) is 0 Å². The van der Waals surface area contributed by atoms with E-state index in [1.54, 1.807) is 6.92 Å². The van der Waals surface area contributed by atoms with Crippen LogP contribution in [0.4, 0.5) is 5.69 Å². The molecular formula is C12H13NO. The van der Waals surface area contributed by atoms with Gasteiger partial charge in [-0.1, -0.05) is 18.1 Å². The summed E-state index contributed by atoms with van der Waals surface area (Å²) in [6, 6.07) is 7.47. The Kier molecular flexibility index (Phi) is 3.75. The fraction of sp³-hybridized carbons (Fsp3) is 0.250. The van der Waals surface area contributed by atoms with E-state index in [2.05, 4.69) is 11.8 Å². The van der Waals surface area contributed by atoms with Gasteiger partial charge in [0.05, 0.1) is 5.92 Å². The minimum Gasteiger partial charge on any atom is -0.399 e. The molecule has 0 amide bonds. The number of nitrogen functional groups attached to an aromatic ring is 1. The molecule has 1 aromatic carbocycles. The van der Waals surface area contributed by atoms with E-state index in [1.165, 1.54) is 0 Å². The van der Waals surface area contributed by atoms with Gasteiger partial charge >= 0.3 is 0 Å². The van der Waals surface area contributed by atoms with E-state index in [0.717, 1.165) is 17.5 Å². The first kappa shape index (κ1) is 10.3. The molecule has 72 valence electrons. The van der Waals surface area contributed by atoms with Gasteiger partial charge in [0, 0.05) is 12.1 Å². The largest absolute Gasteiger partial charge is 0.399 e. The Labute approximate surface area is 84.1 Å². The Morgan fingerprint density at radius 3 is 2.57 bits per heavy atom. The van der Waals surface area contributed by atoms with E-state index < -0.39 is 0 Å². The van der Waals surface area contributed by atoms with Gasteiger partial charge in [-0.15, -0.1) is 5.92 Å². The van der Waals surface area contributed by atoms with Gasteiger partial charge in [0.1, 0.15) is 6.29 Å². The van der Waals surface area contributed by atoms with Gasteiger partial charge in [-0.3, -0.25) is 0 Å². The van der Waals surface area contributed by atoms with Crippen LogP contribution in [0.15, 0.2) is 24.3 Å². The highest BCUT2D eigenvalue weighted by atomic mass is 16.1. The van der Waals surface area contributed by atoms with Crippen molar-refractivity contribution in [2.45, 2.75) is 19.3 Å². The predicted octanol–water partition coefficient (Wildman–Crippen LogP) is 1.96. The monoisotopic (exact) mass is 187 g/mol. The van der Waals surface area contributed by atoms with Crippen LogP contribution >= 0.6 is 0 Å². The summed E-state index contributed by atoms with van der Waals surface area (Å²) in [6.45, 7) is 1.77. The molecule has 2 N–H and O–H groups in total. The number of carbonyl (C=O) groups is 1. The number of nitrogens with two attached hydrogens (primary N) is 1. The van der Waals surface area contributed by atoms with Crippen LogP contribution in [0.1, 0.15) is 24.8 Å². The molecule has 1 aromatic rings. The van der Waals surface area contributed by atoms with E-state index in [0.29, 0.717) is 6.42 Å². The topological polar surface area (TPSA) is 43.1 Å². The van der Waals surface area contributed by atoms with Crippen LogP contribution in [0.2, 0.25) is 0 Å². The number of benzene rings is 1. The van der Waals surface area contributed by atoms with Crippen LogP contribution in [0.5, 0.6) is 0 Å². The zero-order valence-electron chi connectivity index (χ0n) is 8.16. The molecule has 0 radical (unpaired) electrons. The number of hydrogen-bond donors (Lipinski definition) is 1. The Balaban J connectivity index is 2.90. The third kappa shape index (κ3) is 2.63. The van der Waals surface area contributed by atoms with Crippen molar-refractivity contribution in [3.63, 3.8) is 0 Å². The molecule has 0 bridgehead atoms. The first-order valence-corrected chi connectivity index (χ1v) is 4.49. The summed E-state index contributed by atoms with van der Waals surface area (Å²) in [5, 5.41) is 0. The zero-order chi connectivity index (χ0) is 10.4. The fourth-order valence-corrected chi connectivity index (χ4v) is 1.28. The molecule has 0 saturated heterocycles. The molecule has 0 saturated carbocycles. The van der Waals surface area contributed by atoms with Crippen molar-refractivity contribution in [3.8, 4) is 11.8 Å². The molecule has 0 fully saturated rings. The van der Waals surface area contributed by atoms with Crippen molar-refractivity contribution in [3.05, 3.63) is 29.8 Å². The average molecular weight is 187 g/mol. The third-order valence-corrected chi connectivity index (χ3v) is 1.99. The first-order valence-electron chi connectivity index (χ1n) is 4.49. The highest BCUT2D eigenvalue weighted by Gasteiger charge is 2.06. The molecule has 0 aliphatic rings. The van der Waals surface area contributed by atoms with Gasteiger partial charge in [-0.05, 0) is 24.6 Å². The highest BCUT2D eigenvalue weighted by molar-refractivity contribution is 5.54. The van der Waals surface area contributed by atoms with Crippen molar-refractivity contribution in [1.29, 1.82) is 0 Å². The van der Waals surface area contributed by atoms with E-state index in [4.69, 9.17) is 5.73 Å². The molecule has 2 heteroatoms. The second-order valence-corrected chi connectivity index (χ2v) is 3.02. The second kappa shape index (κ2) is 5.08. The smallest absolute Gasteiger partial charge is 0.121 e. The van der Waals surface area contributed by atoms with Crippen molar-refractivity contribution in [2.75, 3.05) is 5.73 Å². The van der Waals surface area contributed by atoms with Crippen LogP contribution in [-0.4, -0.2) is 6.29 Å². The maximum absolute atomic E-state index is 10.4. The lowest BCUT2D eigenvalue weighted by molar-refractivity contribution is -0.107.